The van der Waals surface area contributed by atoms with Gasteiger partial charge in [0.05, 0.1) is 6.26 Å². The second-order valence-corrected chi connectivity index (χ2v) is 4.02. The van der Waals surface area contributed by atoms with E-state index >= 15 is 0 Å². The van der Waals surface area contributed by atoms with Crippen LogP contribution in [0.1, 0.15) is 13.3 Å². The zero-order chi connectivity index (χ0) is 9.07. The number of carbonyl (C=O) groups is 1. The van der Waals surface area contributed by atoms with E-state index in [1.165, 1.54) is 0 Å². The molecule has 0 unspecified atom stereocenters. The Morgan fingerprint density at radius 1 is 1.55 bits per heavy atom. The SMILES string of the molecule is CCCN(C(=O)O)S(C)(=O)=O. The first-order chi connectivity index (χ1) is 4.89. The lowest BCUT2D eigenvalue weighted by atomic mass is 10.5. The molecule has 66 valence electrons. The van der Waals surface area contributed by atoms with E-state index in [0.29, 0.717) is 10.7 Å². The predicted octanol–water partition coefficient (Wildman–Crippen LogP) is 0.336. The molecule has 0 aromatic heterocycles. The van der Waals surface area contributed by atoms with Crippen LogP contribution in [-0.2, 0) is 10.0 Å². The van der Waals surface area contributed by atoms with E-state index in [1.54, 1.807) is 6.92 Å². The Morgan fingerprint density at radius 2 is 2.00 bits per heavy atom. The van der Waals surface area contributed by atoms with Crippen molar-refractivity contribution in [3.63, 3.8) is 0 Å². The summed E-state index contributed by atoms with van der Waals surface area (Å²) < 4.78 is 21.8. The summed E-state index contributed by atoms with van der Waals surface area (Å²) in [6.07, 6.45) is -0.0646. The molecule has 0 spiro atoms. The van der Waals surface area contributed by atoms with Gasteiger partial charge in [0.15, 0.2) is 0 Å². The Labute approximate surface area is 65.7 Å². The van der Waals surface area contributed by atoms with Gasteiger partial charge in [0, 0.05) is 6.54 Å². The zero-order valence-corrected chi connectivity index (χ0v) is 7.26. The lowest BCUT2D eigenvalue weighted by molar-refractivity contribution is 0.172. The van der Waals surface area contributed by atoms with Crippen molar-refractivity contribution in [2.24, 2.45) is 0 Å². The minimum atomic E-state index is -3.59. The summed E-state index contributed by atoms with van der Waals surface area (Å²) >= 11 is 0. The normalized spacial score (nSPS) is 11.1. The molecule has 0 aliphatic rings. The molecule has 0 aliphatic carbocycles. The third-order valence-corrected chi connectivity index (χ3v) is 2.18. The van der Waals surface area contributed by atoms with Gasteiger partial charge in [-0.2, -0.15) is 0 Å². The Kier molecular flexibility index (Phi) is 3.31. The van der Waals surface area contributed by atoms with Gasteiger partial charge in [-0.3, -0.25) is 0 Å². The molecule has 0 fully saturated rings. The van der Waals surface area contributed by atoms with Crippen molar-refractivity contribution in [3.05, 3.63) is 0 Å². The van der Waals surface area contributed by atoms with Gasteiger partial charge in [-0.1, -0.05) is 6.92 Å². The van der Waals surface area contributed by atoms with Crippen LogP contribution in [0.5, 0.6) is 0 Å². The fraction of sp³-hybridized carbons (Fsp3) is 0.800. The van der Waals surface area contributed by atoms with Crippen LogP contribution in [0.15, 0.2) is 0 Å². The second-order valence-electron chi connectivity index (χ2n) is 2.12. The van der Waals surface area contributed by atoms with Crippen LogP contribution in [0.3, 0.4) is 0 Å². The van der Waals surface area contributed by atoms with Gasteiger partial charge >= 0.3 is 6.09 Å². The van der Waals surface area contributed by atoms with Crippen molar-refractivity contribution in [3.8, 4) is 0 Å². The van der Waals surface area contributed by atoms with Crippen LogP contribution in [0.25, 0.3) is 0 Å². The van der Waals surface area contributed by atoms with E-state index in [1.807, 2.05) is 0 Å². The van der Waals surface area contributed by atoms with E-state index in [9.17, 15) is 13.2 Å². The summed E-state index contributed by atoms with van der Waals surface area (Å²) in [6, 6.07) is 0. The fourth-order valence-electron chi connectivity index (χ4n) is 0.606. The molecular formula is C5H11NO4S. The summed E-state index contributed by atoms with van der Waals surface area (Å²) in [5.41, 5.74) is 0. The van der Waals surface area contributed by atoms with Crippen molar-refractivity contribution in [1.82, 2.24) is 4.31 Å². The number of nitrogens with zero attached hydrogens (tertiary/aromatic N) is 1. The van der Waals surface area contributed by atoms with Crippen molar-refractivity contribution in [1.29, 1.82) is 0 Å². The second kappa shape index (κ2) is 3.56. The molecule has 0 saturated heterocycles. The molecule has 0 aliphatic heterocycles. The Bertz CT molecular complexity index is 233. The van der Waals surface area contributed by atoms with Crippen molar-refractivity contribution >= 4 is 16.1 Å². The number of sulfonamides is 1. The standard InChI is InChI=1S/C5H11NO4S/c1-3-4-6(5(7)8)11(2,9)10/h3-4H2,1-2H3,(H,7,8). The van der Waals surface area contributed by atoms with Gasteiger partial charge in [-0.25, -0.2) is 17.5 Å². The third kappa shape index (κ3) is 3.22. The van der Waals surface area contributed by atoms with Crippen LogP contribution in [-0.4, -0.2) is 36.7 Å². The summed E-state index contributed by atoms with van der Waals surface area (Å²) in [5, 5.41) is 8.39. The molecule has 0 aromatic carbocycles. The lowest BCUT2D eigenvalue weighted by Gasteiger charge is -2.14. The van der Waals surface area contributed by atoms with Gasteiger partial charge in [0.1, 0.15) is 0 Å². The molecule has 0 rings (SSSR count). The largest absolute Gasteiger partial charge is 0.464 e. The Balaban J connectivity index is 4.49. The van der Waals surface area contributed by atoms with E-state index < -0.39 is 16.1 Å². The first-order valence-electron chi connectivity index (χ1n) is 3.10. The molecule has 0 heterocycles. The van der Waals surface area contributed by atoms with Gasteiger partial charge in [-0.15, -0.1) is 0 Å². The van der Waals surface area contributed by atoms with E-state index in [4.69, 9.17) is 5.11 Å². The van der Waals surface area contributed by atoms with Gasteiger partial charge in [0.2, 0.25) is 10.0 Å². The smallest absolute Gasteiger partial charge is 0.421 e. The maximum Gasteiger partial charge on any atom is 0.421 e. The van der Waals surface area contributed by atoms with E-state index in [-0.39, 0.29) is 6.54 Å². The number of carboxylic acid groups (broad SMARTS) is 1. The van der Waals surface area contributed by atoms with Gasteiger partial charge < -0.3 is 5.11 Å². The molecule has 0 bridgehead atoms. The zero-order valence-electron chi connectivity index (χ0n) is 6.44. The average molecular weight is 181 g/mol. The summed E-state index contributed by atoms with van der Waals surface area (Å²) in [4.78, 5) is 10.3. The highest BCUT2D eigenvalue weighted by molar-refractivity contribution is 7.88. The quantitative estimate of drug-likeness (QED) is 0.681. The van der Waals surface area contributed by atoms with Crippen molar-refractivity contribution < 1.29 is 18.3 Å². The van der Waals surface area contributed by atoms with Crippen LogP contribution in [0.2, 0.25) is 0 Å². The monoisotopic (exact) mass is 181 g/mol. The lowest BCUT2D eigenvalue weighted by Crippen LogP contribution is -2.35. The minimum absolute atomic E-state index is 0.0220. The molecule has 5 nitrogen and oxygen atoms in total. The predicted molar refractivity (Wildman–Crippen MR) is 39.9 cm³/mol. The van der Waals surface area contributed by atoms with Gasteiger partial charge in [0.25, 0.3) is 0 Å². The Hall–Kier alpha value is -0.780. The molecule has 11 heavy (non-hydrogen) atoms. The maximum absolute atomic E-state index is 10.7. The molecule has 0 aromatic rings. The average Bonchev–Trinajstić information content (AvgIpc) is 1.79. The number of rotatable bonds is 3. The maximum atomic E-state index is 10.7. The summed E-state index contributed by atoms with van der Waals surface area (Å²) in [5.74, 6) is 0. The molecule has 0 atom stereocenters. The van der Waals surface area contributed by atoms with Crippen LogP contribution < -0.4 is 0 Å². The molecular weight excluding hydrogens is 170 g/mol. The summed E-state index contributed by atoms with van der Waals surface area (Å²) in [7, 11) is -3.59. The minimum Gasteiger partial charge on any atom is -0.464 e. The molecule has 0 radical (unpaired) electrons. The summed E-state index contributed by atoms with van der Waals surface area (Å²) in [6.45, 7) is 1.73. The first kappa shape index (κ1) is 10.2. The topological polar surface area (TPSA) is 74.7 Å². The van der Waals surface area contributed by atoms with Crippen LogP contribution in [0.4, 0.5) is 4.79 Å². The van der Waals surface area contributed by atoms with Gasteiger partial charge in [-0.05, 0) is 6.42 Å². The number of amides is 1. The van der Waals surface area contributed by atoms with Crippen LogP contribution in [0, 0.1) is 0 Å². The highest BCUT2D eigenvalue weighted by atomic mass is 32.2. The first-order valence-corrected chi connectivity index (χ1v) is 4.95. The number of hydrogen-bond donors (Lipinski definition) is 1. The molecule has 6 heteroatoms. The molecule has 0 saturated carbocycles. The number of hydrogen-bond acceptors (Lipinski definition) is 3. The molecule has 1 amide bonds. The third-order valence-electron chi connectivity index (χ3n) is 1.04. The highest BCUT2D eigenvalue weighted by Crippen LogP contribution is 1.99. The highest BCUT2D eigenvalue weighted by Gasteiger charge is 2.20. The molecule has 1 N–H and O–H groups in total. The fourth-order valence-corrected chi connectivity index (χ4v) is 1.40. The van der Waals surface area contributed by atoms with E-state index in [2.05, 4.69) is 0 Å². The van der Waals surface area contributed by atoms with E-state index in [0.717, 1.165) is 6.26 Å². The van der Waals surface area contributed by atoms with Crippen molar-refractivity contribution in [2.75, 3.05) is 12.8 Å². The Morgan fingerprint density at radius 3 is 2.09 bits per heavy atom. The van der Waals surface area contributed by atoms with Crippen LogP contribution >= 0.6 is 0 Å². The van der Waals surface area contributed by atoms with Crippen molar-refractivity contribution in [2.45, 2.75) is 13.3 Å².